The summed E-state index contributed by atoms with van der Waals surface area (Å²) in [6.07, 6.45) is 2.83. The van der Waals surface area contributed by atoms with Crippen molar-refractivity contribution in [3.63, 3.8) is 0 Å². The number of aryl methyl sites for hydroxylation is 1. The van der Waals surface area contributed by atoms with Gasteiger partial charge in [-0.05, 0) is 43.3 Å². The topological polar surface area (TPSA) is 85.1 Å². The third-order valence-electron chi connectivity index (χ3n) is 2.79. The van der Waals surface area contributed by atoms with E-state index >= 15 is 0 Å². The molecule has 7 heteroatoms. The number of halogens is 1. The molecule has 112 valence electrons. The van der Waals surface area contributed by atoms with Gasteiger partial charge in [0.25, 0.3) is 5.69 Å². The molecule has 0 saturated heterocycles. The van der Waals surface area contributed by atoms with Crippen molar-refractivity contribution >= 4 is 39.3 Å². The van der Waals surface area contributed by atoms with E-state index in [1.165, 1.54) is 24.3 Å². The van der Waals surface area contributed by atoms with Crippen LogP contribution in [0.1, 0.15) is 11.4 Å². The molecular formula is C15H12BrN3O3. The fraction of sp³-hybridized carbons (Fsp3) is 0.0667. The molecule has 1 aromatic carbocycles. The van der Waals surface area contributed by atoms with Crippen molar-refractivity contribution in [2.45, 2.75) is 6.92 Å². The number of rotatable bonds is 4. The van der Waals surface area contributed by atoms with Crippen LogP contribution in [0.4, 0.5) is 11.4 Å². The molecule has 0 spiro atoms. The lowest BCUT2D eigenvalue weighted by Crippen LogP contribution is -2.07. The van der Waals surface area contributed by atoms with Crippen LogP contribution in [0.2, 0.25) is 0 Å². The van der Waals surface area contributed by atoms with Gasteiger partial charge >= 0.3 is 0 Å². The van der Waals surface area contributed by atoms with Gasteiger partial charge in [-0.2, -0.15) is 0 Å². The summed E-state index contributed by atoms with van der Waals surface area (Å²) in [4.78, 5) is 26.1. The first-order valence-corrected chi connectivity index (χ1v) is 7.11. The molecule has 2 aromatic rings. The Labute approximate surface area is 135 Å². The molecule has 0 aliphatic heterocycles. The summed E-state index contributed by atoms with van der Waals surface area (Å²) in [6, 6.07) is 10.0. The van der Waals surface area contributed by atoms with Crippen LogP contribution >= 0.6 is 15.9 Å². The summed E-state index contributed by atoms with van der Waals surface area (Å²) >= 11 is 3.31. The fourth-order valence-corrected chi connectivity index (χ4v) is 2.00. The molecular weight excluding hydrogens is 350 g/mol. The van der Waals surface area contributed by atoms with Gasteiger partial charge in [-0.1, -0.05) is 15.9 Å². The van der Waals surface area contributed by atoms with Gasteiger partial charge in [-0.15, -0.1) is 0 Å². The van der Waals surface area contributed by atoms with E-state index in [1.807, 2.05) is 12.1 Å². The lowest BCUT2D eigenvalue weighted by molar-refractivity contribution is -0.385. The maximum atomic E-state index is 11.8. The number of anilines is 1. The SMILES string of the molecule is Cc1nc(C=CC(=O)Nc2ccc(Br)cc2)ccc1[N+](=O)[O-]. The van der Waals surface area contributed by atoms with Gasteiger partial charge in [0.2, 0.25) is 5.91 Å². The first-order chi connectivity index (χ1) is 10.5. The molecule has 0 bridgehead atoms. The van der Waals surface area contributed by atoms with Crippen LogP contribution in [0.25, 0.3) is 6.08 Å². The molecule has 2 rings (SSSR count). The first-order valence-electron chi connectivity index (χ1n) is 6.32. The number of nitrogens with one attached hydrogen (secondary N) is 1. The molecule has 1 heterocycles. The maximum absolute atomic E-state index is 11.8. The largest absolute Gasteiger partial charge is 0.323 e. The van der Waals surface area contributed by atoms with Crippen molar-refractivity contribution in [3.05, 3.63) is 68.4 Å². The summed E-state index contributed by atoms with van der Waals surface area (Å²) in [5.74, 6) is -0.305. The highest BCUT2D eigenvalue weighted by atomic mass is 79.9. The molecule has 0 unspecified atom stereocenters. The van der Waals surface area contributed by atoms with Gasteiger partial charge < -0.3 is 5.32 Å². The highest BCUT2D eigenvalue weighted by Crippen LogP contribution is 2.16. The van der Waals surface area contributed by atoms with E-state index in [9.17, 15) is 14.9 Å². The summed E-state index contributed by atoms with van der Waals surface area (Å²) < 4.78 is 0.923. The van der Waals surface area contributed by atoms with E-state index < -0.39 is 4.92 Å². The van der Waals surface area contributed by atoms with Crippen LogP contribution in [0.3, 0.4) is 0 Å². The highest BCUT2D eigenvalue weighted by Gasteiger charge is 2.10. The number of carbonyl (C=O) groups is 1. The number of nitro groups is 1. The van der Waals surface area contributed by atoms with Crippen LogP contribution < -0.4 is 5.32 Å². The predicted octanol–water partition coefficient (Wildman–Crippen LogP) is 3.71. The van der Waals surface area contributed by atoms with Gasteiger partial charge in [0.05, 0.1) is 10.6 Å². The minimum Gasteiger partial charge on any atom is -0.323 e. The monoisotopic (exact) mass is 361 g/mol. The summed E-state index contributed by atoms with van der Waals surface area (Å²) in [5, 5.41) is 13.4. The average molecular weight is 362 g/mol. The van der Waals surface area contributed by atoms with Crippen LogP contribution in [0, 0.1) is 17.0 Å². The Morgan fingerprint density at radius 1 is 1.27 bits per heavy atom. The number of nitrogens with zero attached hydrogens (tertiary/aromatic N) is 2. The third kappa shape index (κ3) is 4.23. The molecule has 0 aliphatic carbocycles. The van der Waals surface area contributed by atoms with Crippen molar-refractivity contribution in [1.29, 1.82) is 0 Å². The summed E-state index contributed by atoms with van der Waals surface area (Å²) in [5.41, 5.74) is 1.41. The molecule has 1 amide bonds. The van der Waals surface area contributed by atoms with Crippen molar-refractivity contribution in [3.8, 4) is 0 Å². The Morgan fingerprint density at radius 2 is 1.95 bits per heavy atom. The van der Waals surface area contributed by atoms with Crippen molar-refractivity contribution in [1.82, 2.24) is 4.98 Å². The van der Waals surface area contributed by atoms with Crippen molar-refractivity contribution in [2.75, 3.05) is 5.32 Å². The normalized spacial score (nSPS) is 10.6. The quantitative estimate of drug-likeness (QED) is 0.510. The van der Waals surface area contributed by atoms with Crippen LogP contribution in [0.5, 0.6) is 0 Å². The minimum absolute atomic E-state index is 0.0449. The van der Waals surface area contributed by atoms with E-state index in [2.05, 4.69) is 26.2 Å². The van der Waals surface area contributed by atoms with Crippen molar-refractivity contribution < 1.29 is 9.72 Å². The second-order valence-electron chi connectivity index (χ2n) is 4.43. The van der Waals surface area contributed by atoms with Gasteiger partial charge in [0.1, 0.15) is 5.69 Å². The Kier molecular flexibility index (Phi) is 5.00. The maximum Gasteiger partial charge on any atom is 0.290 e. The van der Waals surface area contributed by atoms with Crippen LogP contribution in [0.15, 0.2) is 46.9 Å². The van der Waals surface area contributed by atoms with Crippen LogP contribution in [-0.2, 0) is 4.79 Å². The van der Waals surface area contributed by atoms with E-state index in [1.54, 1.807) is 19.1 Å². The van der Waals surface area contributed by atoms with E-state index in [0.717, 1.165) is 4.47 Å². The molecule has 0 radical (unpaired) electrons. The van der Waals surface area contributed by atoms with E-state index in [-0.39, 0.29) is 11.6 Å². The highest BCUT2D eigenvalue weighted by molar-refractivity contribution is 9.10. The Bertz CT molecular complexity index is 742. The molecule has 0 saturated carbocycles. The standard InChI is InChI=1S/C15H12BrN3O3/c1-10-14(19(21)22)8-6-12(17-10)7-9-15(20)18-13-4-2-11(16)3-5-13/h2-9H,1H3,(H,18,20). The molecule has 0 atom stereocenters. The van der Waals surface area contributed by atoms with Crippen molar-refractivity contribution in [2.24, 2.45) is 0 Å². The van der Waals surface area contributed by atoms with E-state index in [0.29, 0.717) is 17.1 Å². The lowest BCUT2D eigenvalue weighted by Gasteiger charge is -2.02. The zero-order valence-electron chi connectivity index (χ0n) is 11.6. The van der Waals surface area contributed by atoms with Gasteiger partial charge in [0.15, 0.2) is 0 Å². The number of amides is 1. The minimum atomic E-state index is -0.490. The Hall–Kier alpha value is -2.54. The van der Waals surface area contributed by atoms with Crippen LogP contribution in [-0.4, -0.2) is 15.8 Å². The number of aromatic nitrogens is 1. The first kappa shape index (κ1) is 15.8. The number of hydrogen-bond acceptors (Lipinski definition) is 4. The van der Waals surface area contributed by atoms with E-state index in [4.69, 9.17) is 0 Å². The molecule has 6 nitrogen and oxygen atoms in total. The Morgan fingerprint density at radius 3 is 2.55 bits per heavy atom. The molecule has 1 aromatic heterocycles. The third-order valence-corrected chi connectivity index (χ3v) is 3.32. The summed E-state index contributed by atoms with van der Waals surface area (Å²) in [7, 11) is 0. The fourth-order valence-electron chi connectivity index (χ4n) is 1.74. The van der Waals surface area contributed by atoms with Gasteiger partial charge in [-0.3, -0.25) is 14.9 Å². The predicted molar refractivity (Wildman–Crippen MR) is 87.4 cm³/mol. The average Bonchev–Trinajstić information content (AvgIpc) is 2.47. The number of benzene rings is 1. The number of carbonyl (C=O) groups excluding carboxylic acids is 1. The van der Waals surface area contributed by atoms with Gasteiger partial charge in [-0.25, -0.2) is 4.98 Å². The number of pyridine rings is 1. The second kappa shape index (κ2) is 6.95. The molecule has 0 fully saturated rings. The molecule has 22 heavy (non-hydrogen) atoms. The second-order valence-corrected chi connectivity index (χ2v) is 5.34. The smallest absolute Gasteiger partial charge is 0.290 e. The zero-order valence-corrected chi connectivity index (χ0v) is 13.2. The lowest BCUT2D eigenvalue weighted by atomic mass is 10.2. The van der Waals surface area contributed by atoms with Gasteiger partial charge in [0, 0.05) is 22.3 Å². The number of hydrogen-bond donors (Lipinski definition) is 1. The zero-order chi connectivity index (χ0) is 16.1. The summed E-state index contributed by atoms with van der Waals surface area (Å²) in [6.45, 7) is 1.55. The Balaban J connectivity index is 2.05. The molecule has 1 N–H and O–H groups in total. The molecule has 0 aliphatic rings.